The van der Waals surface area contributed by atoms with Crippen molar-refractivity contribution in [2.24, 2.45) is 5.92 Å². The maximum atomic E-state index is 5.50. The quantitative estimate of drug-likeness (QED) is 0.763. The minimum absolute atomic E-state index is 0.419. The molecule has 102 valence electrons. The summed E-state index contributed by atoms with van der Waals surface area (Å²) in [6.07, 6.45) is 0. The van der Waals surface area contributed by atoms with Gasteiger partial charge in [-0.05, 0) is 59.3 Å². The van der Waals surface area contributed by atoms with Crippen molar-refractivity contribution in [3.8, 4) is 0 Å². The largest absolute Gasteiger partial charge is 0.406 e. The van der Waals surface area contributed by atoms with Gasteiger partial charge in [-0.25, -0.2) is 0 Å². The lowest BCUT2D eigenvalue weighted by atomic mass is 10.2. The van der Waals surface area contributed by atoms with Gasteiger partial charge in [0, 0.05) is 9.26 Å². The third kappa shape index (κ3) is 4.79. The van der Waals surface area contributed by atoms with Gasteiger partial charge in [0.25, 0.3) is 0 Å². The summed E-state index contributed by atoms with van der Waals surface area (Å²) in [6.45, 7) is 5.84. The summed E-state index contributed by atoms with van der Waals surface area (Å²) >= 11 is 2.26. The molecular weight excluding hydrogens is 355 g/mol. The summed E-state index contributed by atoms with van der Waals surface area (Å²) in [5.41, 5.74) is 0.936. The molecule has 19 heavy (non-hydrogen) atoms. The molecule has 5 nitrogen and oxygen atoms in total. The van der Waals surface area contributed by atoms with Crippen molar-refractivity contribution in [2.45, 2.75) is 20.4 Å². The van der Waals surface area contributed by atoms with Crippen LogP contribution in [0.2, 0.25) is 0 Å². The molecule has 2 rings (SSSR count). The highest BCUT2D eigenvalue weighted by atomic mass is 127. The summed E-state index contributed by atoms with van der Waals surface area (Å²) in [7, 11) is 0. The van der Waals surface area contributed by atoms with E-state index in [1.165, 1.54) is 3.57 Å². The molecule has 0 aliphatic heterocycles. The Labute approximate surface area is 126 Å². The lowest BCUT2D eigenvalue weighted by molar-refractivity contribution is 0.460. The smallest absolute Gasteiger partial charge is 0.320 e. The molecule has 6 heteroatoms. The summed E-state index contributed by atoms with van der Waals surface area (Å²) in [5.74, 6) is 1.20. The Kier molecular flexibility index (Phi) is 5.15. The van der Waals surface area contributed by atoms with Crippen molar-refractivity contribution >= 4 is 34.3 Å². The van der Waals surface area contributed by atoms with E-state index in [0.29, 0.717) is 24.4 Å². The molecule has 0 aliphatic carbocycles. The molecule has 0 amide bonds. The van der Waals surface area contributed by atoms with Crippen LogP contribution in [0.5, 0.6) is 0 Å². The number of halogens is 1. The first kappa shape index (κ1) is 14.3. The van der Waals surface area contributed by atoms with Crippen LogP contribution in [0, 0.1) is 9.49 Å². The monoisotopic (exact) mass is 372 g/mol. The number of hydrogen-bond donors (Lipinski definition) is 2. The average Bonchev–Trinajstić information content (AvgIpc) is 2.79. The number of aromatic nitrogens is 2. The molecular formula is C13H17IN4O. The zero-order valence-electron chi connectivity index (χ0n) is 11.0. The first-order valence-electron chi connectivity index (χ1n) is 6.19. The topological polar surface area (TPSA) is 63.0 Å². The molecule has 1 aromatic carbocycles. The molecule has 0 fully saturated rings. The van der Waals surface area contributed by atoms with Crippen LogP contribution < -0.4 is 10.6 Å². The maximum Gasteiger partial charge on any atom is 0.320 e. The lowest BCUT2D eigenvalue weighted by Gasteiger charge is -2.04. The van der Waals surface area contributed by atoms with E-state index in [1.807, 2.05) is 24.3 Å². The van der Waals surface area contributed by atoms with E-state index >= 15 is 0 Å². The van der Waals surface area contributed by atoms with Gasteiger partial charge in [0.15, 0.2) is 0 Å². The van der Waals surface area contributed by atoms with Crippen LogP contribution in [0.4, 0.5) is 11.7 Å². The van der Waals surface area contributed by atoms with E-state index in [4.69, 9.17) is 4.42 Å². The molecule has 0 radical (unpaired) electrons. The molecule has 0 saturated heterocycles. The minimum Gasteiger partial charge on any atom is -0.406 e. The average molecular weight is 372 g/mol. The molecule has 2 N–H and O–H groups in total. The van der Waals surface area contributed by atoms with E-state index in [9.17, 15) is 0 Å². The Morgan fingerprint density at radius 1 is 1.21 bits per heavy atom. The van der Waals surface area contributed by atoms with Gasteiger partial charge in [-0.15, -0.1) is 5.10 Å². The first-order valence-corrected chi connectivity index (χ1v) is 7.27. The Bertz CT molecular complexity index is 510. The van der Waals surface area contributed by atoms with Crippen LogP contribution >= 0.6 is 22.6 Å². The van der Waals surface area contributed by atoms with Gasteiger partial charge in [-0.1, -0.05) is 18.9 Å². The number of hydrogen-bond acceptors (Lipinski definition) is 5. The van der Waals surface area contributed by atoms with Crippen LogP contribution in [-0.4, -0.2) is 16.7 Å². The summed E-state index contributed by atoms with van der Waals surface area (Å²) < 4.78 is 6.69. The fourth-order valence-electron chi connectivity index (χ4n) is 1.50. The van der Waals surface area contributed by atoms with E-state index < -0.39 is 0 Å². The molecule has 0 unspecified atom stereocenters. The highest BCUT2D eigenvalue weighted by molar-refractivity contribution is 14.1. The normalized spacial score (nSPS) is 10.9. The Hall–Kier alpha value is -1.15. The predicted molar refractivity (Wildman–Crippen MR) is 83.3 cm³/mol. The standard InChI is InChI=1S/C13H17IN4O/c1-9(2)7-15-8-12-17-18-13(19-12)16-11-5-3-10(14)4-6-11/h3-6,9,15H,7-8H2,1-2H3,(H,16,18). The van der Waals surface area contributed by atoms with Crippen LogP contribution in [0.3, 0.4) is 0 Å². The maximum absolute atomic E-state index is 5.50. The zero-order chi connectivity index (χ0) is 13.7. The SMILES string of the molecule is CC(C)CNCc1nnc(Nc2ccc(I)cc2)o1. The zero-order valence-corrected chi connectivity index (χ0v) is 13.1. The van der Waals surface area contributed by atoms with Gasteiger partial charge >= 0.3 is 6.01 Å². The number of anilines is 2. The van der Waals surface area contributed by atoms with Crippen LogP contribution in [0.1, 0.15) is 19.7 Å². The van der Waals surface area contributed by atoms with E-state index in [0.717, 1.165) is 12.2 Å². The molecule has 1 heterocycles. The van der Waals surface area contributed by atoms with Crippen molar-refractivity contribution < 1.29 is 4.42 Å². The fraction of sp³-hybridized carbons (Fsp3) is 0.385. The fourth-order valence-corrected chi connectivity index (χ4v) is 1.86. The van der Waals surface area contributed by atoms with Gasteiger partial charge in [0.1, 0.15) is 0 Å². The summed E-state index contributed by atoms with van der Waals surface area (Å²) in [6, 6.07) is 8.41. The third-order valence-corrected chi connectivity index (χ3v) is 3.11. The highest BCUT2D eigenvalue weighted by Gasteiger charge is 2.06. The van der Waals surface area contributed by atoms with Gasteiger partial charge in [0.05, 0.1) is 6.54 Å². The second kappa shape index (κ2) is 6.85. The van der Waals surface area contributed by atoms with Crippen molar-refractivity contribution in [2.75, 3.05) is 11.9 Å². The first-order chi connectivity index (χ1) is 9.13. The van der Waals surface area contributed by atoms with E-state index in [-0.39, 0.29) is 0 Å². The highest BCUT2D eigenvalue weighted by Crippen LogP contribution is 2.16. The van der Waals surface area contributed by atoms with Crippen molar-refractivity contribution in [3.63, 3.8) is 0 Å². The summed E-state index contributed by atoms with van der Waals surface area (Å²) in [5, 5.41) is 14.3. The number of nitrogens with one attached hydrogen (secondary N) is 2. The Balaban J connectivity index is 1.88. The second-order valence-electron chi connectivity index (χ2n) is 4.66. The van der Waals surface area contributed by atoms with E-state index in [1.54, 1.807) is 0 Å². The van der Waals surface area contributed by atoms with Crippen molar-refractivity contribution in [3.05, 3.63) is 33.7 Å². The molecule has 0 aliphatic rings. The Morgan fingerprint density at radius 3 is 2.63 bits per heavy atom. The number of nitrogens with zero attached hydrogens (tertiary/aromatic N) is 2. The van der Waals surface area contributed by atoms with Crippen molar-refractivity contribution in [1.82, 2.24) is 15.5 Å². The van der Waals surface area contributed by atoms with Crippen LogP contribution in [0.15, 0.2) is 28.7 Å². The van der Waals surface area contributed by atoms with Gasteiger partial charge in [-0.2, -0.15) is 0 Å². The Morgan fingerprint density at radius 2 is 1.95 bits per heavy atom. The molecule has 1 aromatic heterocycles. The van der Waals surface area contributed by atoms with Crippen LogP contribution in [-0.2, 0) is 6.54 Å². The molecule has 2 aromatic rings. The van der Waals surface area contributed by atoms with Crippen molar-refractivity contribution in [1.29, 1.82) is 0 Å². The molecule has 0 bridgehead atoms. The molecule has 0 atom stereocenters. The van der Waals surface area contributed by atoms with E-state index in [2.05, 4.69) is 57.3 Å². The minimum atomic E-state index is 0.419. The second-order valence-corrected chi connectivity index (χ2v) is 5.90. The van der Waals surface area contributed by atoms with Gasteiger partial charge < -0.3 is 15.1 Å². The van der Waals surface area contributed by atoms with Gasteiger partial charge in [0.2, 0.25) is 5.89 Å². The molecule has 0 spiro atoms. The number of rotatable bonds is 6. The number of benzene rings is 1. The lowest BCUT2D eigenvalue weighted by Crippen LogP contribution is -2.19. The third-order valence-electron chi connectivity index (χ3n) is 2.39. The van der Waals surface area contributed by atoms with Crippen LogP contribution in [0.25, 0.3) is 0 Å². The summed E-state index contributed by atoms with van der Waals surface area (Å²) in [4.78, 5) is 0. The van der Waals surface area contributed by atoms with Gasteiger partial charge in [-0.3, -0.25) is 0 Å². The molecule has 0 saturated carbocycles. The predicted octanol–water partition coefficient (Wildman–Crippen LogP) is 3.16.